The van der Waals surface area contributed by atoms with Crippen molar-refractivity contribution in [1.82, 2.24) is 4.90 Å². The zero-order valence-electron chi connectivity index (χ0n) is 22.6. The van der Waals surface area contributed by atoms with Crippen LogP contribution < -0.4 is 11.0 Å². The SMILES string of the molecule is CN(C)[C@@H]1C(=O)C(C(N)=O)=C(O)[C@@]2(O)C(=O)C3=C(O)c4c(O)ccc(N5OC(C)(C)C(C)(C)O5)c4C[C@H]3C[C@@H]12. The number of nitrogens with two attached hydrogens (primary N) is 1. The predicted octanol–water partition coefficient (Wildman–Crippen LogP) is 1.20. The van der Waals surface area contributed by atoms with Gasteiger partial charge in [-0.15, -0.1) is 5.23 Å². The van der Waals surface area contributed by atoms with Crippen LogP contribution in [0.5, 0.6) is 5.75 Å². The van der Waals surface area contributed by atoms with Crippen LogP contribution in [0.15, 0.2) is 29.0 Å². The second-order valence-corrected chi connectivity index (χ2v) is 11.9. The monoisotopic (exact) mass is 543 g/mol. The number of aliphatic hydroxyl groups excluding tert-OH is 2. The lowest BCUT2D eigenvalue weighted by Crippen LogP contribution is -2.65. The van der Waals surface area contributed by atoms with Crippen molar-refractivity contribution >= 4 is 28.9 Å². The van der Waals surface area contributed by atoms with Gasteiger partial charge >= 0.3 is 0 Å². The summed E-state index contributed by atoms with van der Waals surface area (Å²) in [5.74, 6) is -7.04. The van der Waals surface area contributed by atoms with Crippen LogP contribution in [0.1, 0.15) is 45.2 Å². The fourth-order valence-corrected chi connectivity index (χ4v) is 6.15. The summed E-state index contributed by atoms with van der Waals surface area (Å²) in [6, 6.07) is 1.74. The number of ketones is 2. The van der Waals surface area contributed by atoms with Crippen molar-refractivity contribution in [2.75, 3.05) is 19.3 Å². The Balaban J connectivity index is 1.69. The van der Waals surface area contributed by atoms with E-state index >= 15 is 0 Å². The van der Waals surface area contributed by atoms with Crippen LogP contribution in [-0.2, 0) is 30.5 Å². The molecule has 0 spiro atoms. The molecule has 4 atom stereocenters. The maximum absolute atomic E-state index is 13.9. The van der Waals surface area contributed by atoms with Crippen LogP contribution >= 0.6 is 0 Å². The van der Waals surface area contributed by atoms with E-state index in [9.17, 15) is 34.8 Å². The number of aliphatic hydroxyl groups is 3. The number of aromatic hydroxyl groups is 1. The molecule has 2 fully saturated rings. The molecule has 0 aromatic heterocycles. The molecule has 1 saturated heterocycles. The standard InChI is InChI=1S/C27H33N3O9/c1-25(2)26(3,4)39-30(38-25)14-7-8-15(31)17-12(14)9-11-10-13-19(29(5)6)21(33)18(24(28)36)23(35)27(13,37)22(34)16(11)20(17)32/h7-8,11,13,19,31-32,35,37H,9-10H2,1-6H3,(H2,28,36)/t11-,13-,19-,27-/m0/s1. The number of benzene rings is 1. The molecule has 0 bridgehead atoms. The van der Waals surface area contributed by atoms with Crippen molar-refractivity contribution in [1.29, 1.82) is 0 Å². The highest BCUT2D eigenvalue weighted by Gasteiger charge is 2.64. The van der Waals surface area contributed by atoms with Crippen LogP contribution in [0.4, 0.5) is 5.69 Å². The molecule has 12 heteroatoms. The number of carbonyl (C=O) groups excluding carboxylic acids is 3. The highest BCUT2D eigenvalue weighted by Crippen LogP contribution is 2.54. The lowest BCUT2D eigenvalue weighted by molar-refractivity contribution is -0.153. The minimum Gasteiger partial charge on any atom is -0.508 e. The predicted molar refractivity (Wildman–Crippen MR) is 137 cm³/mol. The number of hydrogen-bond donors (Lipinski definition) is 5. The minimum absolute atomic E-state index is 0.0143. The number of rotatable bonds is 3. The second-order valence-electron chi connectivity index (χ2n) is 11.9. The van der Waals surface area contributed by atoms with E-state index in [1.54, 1.807) is 20.2 Å². The van der Waals surface area contributed by atoms with Gasteiger partial charge in [-0.3, -0.25) is 19.3 Å². The van der Waals surface area contributed by atoms with Gasteiger partial charge in [-0.1, -0.05) is 0 Å². The Morgan fingerprint density at radius 3 is 2.21 bits per heavy atom. The number of hydrogen-bond acceptors (Lipinski definition) is 11. The Hall–Kier alpha value is -3.45. The summed E-state index contributed by atoms with van der Waals surface area (Å²) in [5, 5.41) is 46.0. The molecule has 210 valence electrons. The topological polar surface area (TPSA) is 183 Å². The molecule has 39 heavy (non-hydrogen) atoms. The van der Waals surface area contributed by atoms with Gasteiger partial charge in [-0.05, 0) is 78.2 Å². The van der Waals surface area contributed by atoms with E-state index < -0.39 is 69.2 Å². The smallest absolute Gasteiger partial charge is 0.255 e. The van der Waals surface area contributed by atoms with E-state index in [1.807, 2.05) is 27.7 Å². The second kappa shape index (κ2) is 8.28. The fourth-order valence-electron chi connectivity index (χ4n) is 6.15. The van der Waals surface area contributed by atoms with E-state index in [0.717, 1.165) is 0 Å². The first-order chi connectivity index (χ1) is 18.0. The Labute approximate surface area is 224 Å². The van der Waals surface area contributed by atoms with Crippen LogP contribution in [0.2, 0.25) is 0 Å². The van der Waals surface area contributed by atoms with Gasteiger partial charge in [-0.2, -0.15) is 0 Å². The van der Waals surface area contributed by atoms with Crippen molar-refractivity contribution in [3.05, 3.63) is 40.2 Å². The Morgan fingerprint density at radius 1 is 1.08 bits per heavy atom. The third kappa shape index (κ3) is 3.48. The molecule has 12 nitrogen and oxygen atoms in total. The van der Waals surface area contributed by atoms with Crippen LogP contribution in [0, 0.1) is 11.8 Å². The van der Waals surface area contributed by atoms with E-state index in [4.69, 9.17) is 15.4 Å². The molecule has 1 saturated carbocycles. The summed E-state index contributed by atoms with van der Waals surface area (Å²) in [6.45, 7) is 7.44. The van der Waals surface area contributed by atoms with Gasteiger partial charge < -0.3 is 26.2 Å². The molecule has 1 aromatic carbocycles. The van der Waals surface area contributed by atoms with Gasteiger partial charge in [0.1, 0.15) is 34.0 Å². The summed E-state index contributed by atoms with van der Waals surface area (Å²) >= 11 is 0. The third-order valence-electron chi connectivity index (χ3n) is 8.85. The van der Waals surface area contributed by atoms with Crippen molar-refractivity contribution in [2.45, 2.75) is 63.4 Å². The molecule has 3 aliphatic carbocycles. The molecule has 0 radical (unpaired) electrons. The molecule has 1 heterocycles. The molecule has 4 aliphatic rings. The van der Waals surface area contributed by atoms with E-state index in [1.165, 1.54) is 16.2 Å². The van der Waals surface area contributed by atoms with E-state index in [2.05, 4.69) is 0 Å². The average Bonchev–Trinajstić information content (AvgIpc) is 3.02. The Morgan fingerprint density at radius 2 is 1.67 bits per heavy atom. The molecule has 5 rings (SSSR count). The van der Waals surface area contributed by atoms with Crippen LogP contribution in [0.3, 0.4) is 0 Å². The number of primary amides is 1. The number of nitrogens with zero attached hydrogens (tertiary/aromatic N) is 2. The number of phenolic OH excluding ortho intramolecular Hbond substituents is 1. The number of phenols is 1. The number of fused-ring (bicyclic) bond motifs is 3. The Bertz CT molecular complexity index is 1380. The summed E-state index contributed by atoms with van der Waals surface area (Å²) in [4.78, 5) is 52.8. The number of likely N-dealkylation sites (N-methyl/N-ethyl adjacent to an activating group) is 1. The first-order valence-corrected chi connectivity index (χ1v) is 12.6. The quantitative estimate of drug-likeness (QED) is 0.345. The lowest BCUT2D eigenvalue weighted by Gasteiger charge is -2.50. The average molecular weight is 544 g/mol. The van der Waals surface area contributed by atoms with Crippen molar-refractivity contribution < 1.29 is 44.5 Å². The van der Waals surface area contributed by atoms with Gasteiger partial charge in [0.15, 0.2) is 11.4 Å². The molecular weight excluding hydrogens is 510 g/mol. The van der Waals surface area contributed by atoms with Crippen LogP contribution in [-0.4, -0.2) is 79.7 Å². The van der Waals surface area contributed by atoms with Gasteiger partial charge in [0.2, 0.25) is 5.78 Å². The first kappa shape index (κ1) is 27.1. The van der Waals surface area contributed by atoms with Gasteiger partial charge in [0, 0.05) is 11.5 Å². The zero-order valence-corrected chi connectivity index (χ0v) is 22.6. The molecule has 0 unspecified atom stereocenters. The van der Waals surface area contributed by atoms with Crippen molar-refractivity contribution in [2.24, 2.45) is 17.6 Å². The maximum atomic E-state index is 13.9. The highest BCUT2D eigenvalue weighted by atomic mass is 17.0. The number of Topliss-reactive ketones (excluding diaryl/α,β-unsaturated/α-hetero) is 2. The van der Waals surface area contributed by atoms with Crippen LogP contribution in [0.25, 0.3) is 5.76 Å². The molecule has 1 aliphatic heterocycles. The van der Waals surface area contributed by atoms with Gasteiger partial charge in [0.05, 0.1) is 17.3 Å². The number of anilines is 1. The summed E-state index contributed by atoms with van der Waals surface area (Å²) in [7, 11) is 3.10. The van der Waals surface area contributed by atoms with E-state index in [0.29, 0.717) is 11.3 Å². The third-order valence-corrected chi connectivity index (χ3v) is 8.85. The molecule has 1 amide bonds. The largest absolute Gasteiger partial charge is 0.508 e. The maximum Gasteiger partial charge on any atom is 0.255 e. The lowest BCUT2D eigenvalue weighted by atomic mass is 9.57. The minimum atomic E-state index is -2.69. The Kier molecular flexibility index (Phi) is 5.76. The molecule has 1 aromatic rings. The van der Waals surface area contributed by atoms with Crippen molar-refractivity contribution in [3.8, 4) is 5.75 Å². The zero-order chi connectivity index (χ0) is 29.0. The fraction of sp³-hybridized carbons (Fsp3) is 0.519. The van der Waals surface area contributed by atoms with E-state index in [-0.39, 0.29) is 29.7 Å². The summed E-state index contributed by atoms with van der Waals surface area (Å²) in [6.07, 6.45) is 0.0991. The van der Waals surface area contributed by atoms with Gasteiger partial charge in [0.25, 0.3) is 5.91 Å². The number of carbonyl (C=O) groups is 3. The van der Waals surface area contributed by atoms with Crippen molar-refractivity contribution in [3.63, 3.8) is 0 Å². The highest BCUT2D eigenvalue weighted by molar-refractivity contribution is 6.24. The summed E-state index contributed by atoms with van der Waals surface area (Å²) < 4.78 is 0. The first-order valence-electron chi connectivity index (χ1n) is 12.6. The van der Waals surface area contributed by atoms with Gasteiger partial charge in [-0.25, -0.2) is 9.68 Å². The molecule has 6 N–H and O–H groups in total. The normalized spacial score (nSPS) is 31.4. The molecular formula is C27H33N3O9. The number of amides is 1. The summed E-state index contributed by atoms with van der Waals surface area (Å²) in [5.41, 5.74) is 0.939.